The number of halogens is 5. The third-order valence-electron chi connectivity index (χ3n) is 7.83. The van der Waals surface area contributed by atoms with Crippen LogP contribution in [0.2, 0.25) is 10.0 Å². The number of nitrogens with one attached hydrogen (secondary N) is 1. The molecule has 3 aromatic carbocycles. The lowest BCUT2D eigenvalue weighted by molar-refractivity contribution is -0.137. The Balaban J connectivity index is 1.64. The molecule has 1 aliphatic carbocycles. The molecule has 14 heteroatoms. The van der Waals surface area contributed by atoms with E-state index in [1.807, 2.05) is 0 Å². The van der Waals surface area contributed by atoms with E-state index in [0.29, 0.717) is 17.4 Å². The van der Waals surface area contributed by atoms with Gasteiger partial charge in [0, 0.05) is 35.4 Å². The highest BCUT2D eigenvalue weighted by molar-refractivity contribution is 6.42. The molecule has 1 heterocycles. The minimum atomic E-state index is -4.63. The average Bonchev–Trinajstić information content (AvgIpc) is 3.43. The minimum Gasteiger partial charge on any atom is -0.493 e. The predicted molar refractivity (Wildman–Crippen MR) is 161 cm³/mol. The van der Waals surface area contributed by atoms with E-state index in [2.05, 4.69) is 5.32 Å². The molecule has 3 aromatic rings. The highest BCUT2D eigenvalue weighted by Crippen LogP contribution is 2.51. The number of aliphatic hydroxyl groups is 2. The van der Waals surface area contributed by atoms with Crippen LogP contribution >= 0.6 is 23.2 Å². The Morgan fingerprint density at radius 3 is 2.41 bits per heavy atom. The Labute approximate surface area is 271 Å². The summed E-state index contributed by atoms with van der Waals surface area (Å²) in [5.74, 6) is -1.94. The second kappa shape index (κ2) is 13.3. The van der Waals surface area contributed by atoms with Crippen molar-refractivity contribution in [2.75, 3.05) is 20.3 Å². The fourth-order valence-corrected chi connectivity index (χ4v) is 5.99. The van der Waals surface area contributed by atoms with Gasteiger partial charge in [-0.25, -0.2) is 0 Å². The van der Waals surface area contributed by atoms with Crippen LogP contribution in [-0.2, 0) is 17.5 Å². The summed E-state index contributed by atoms with van der Waals surface area (Å²) in [5, 5.41) is 24.2. The molecule has 0 aromatic heterocycles. The van der Waals surface area contributed by atoms with Crippen molar-refractivity contribution >= 4 is 41.3 Å². The van der Waals surface area contributed by atoms with Crippen LogP contribution in [0.1, 0.15) is 43.3 Å². The number of aldehydes is 1. The van der Waals surface area contributed by atoms with Crippen molar-refractivity contribution in [2.24, 2.45) is 0 Å². The van der Waals surface area contributed by atoms with Gasteiger partial charge in [-0.3, -0.25) is 14.4 Å². The van der Waals surface area contributed by atoms with Crippen LogP contribution in [0.3, 0.4) is 0 Å². The lowest BCUT2D eigenvalue weighted by Gasteiger charge is -2.40. The first-order valence-electron chi connectivity index (χ1n) is 13.9. The normalized spacial score (nSPS) is 20.1. The number of rotatable bonds is 9. The highest BCUT2D eigenvalue weighted by Gasteiger charge is 2.51. The number of carbonyl (C=O) groups is 3. The summed E-state index contributed by atoms with van der Waals surface area (Å²) in [4.78, 5) is 40.5. The van der Waals surface area contributed by atoms with Crippen molar-refractivity contribution in [1.82, 2.24) is 10.2 Å². The second-order valence-electron chi connectivity index (χ2n) is 10.7. The lowest BCUT2D eigenvalue weighted by Crippen LogP contribution is -2.55. The fraction of sp³-hybridized carbons (Fsp3) is 0.281. The molecule has 4 atom stereocenters. The Kier molecular flexibility index (Phi) is 9.64. The van der Waals surface area contributed by atoms with E-state index >= 15 is 0 Å². The molecule has 3 N–H and O–H groups in total. The molecule has 2 amide bonds. The quantitative estimate of drug-likeness (QED) is 0.278. The molecule has 46 heavy (non-hydrogen) atoms. The van der Waals surface area contributed by atoms with Gasteiger partial charge in [0.2, 0.25) is 5.91 Å². The Hall–Kier alpha value is -4.10. The van der Waals surface area contributed by atoms with Crippen LogP contribution in [0.25, 0.3) is 0 Å². The van der Waals surface area contributed by atoms with Gasteiger partial charge in [-0.15, -0.1) is 0 Å². The maximum Gasteiger partial charge on any atom is 0.416 e. The fourth-order valence-electron chi connectivity index (χ4n) is 5.67. The molecule has 0 radical (unpaired) electrons. The molecule has 5 rings (SSSR count). The first-order chi connectivity index (χ1) is 21.9. The van der Waals surface area contributed by atoms with Gasteiger partial charge in [-0.1, -0.05) is 29.3 Å². The molecule has 4 unspecified atom stereocenters. The number of hydrogen-bond donors (Lipinski definition) is 3. The van der Waals surface area contributed by atoms with Gasteiger partial charge in [0.1, 0.15) is 18.5 Å². The van der Waals surface area contributed by atoms with Crippen LogP contribution in [0.15, 0.2) is 66.2 Å². The average molecular weight is 679 g/mol. The molecule has 0 saturated carbocycles. The molecule has 242 valence electrons. The van der Waals surface area contributed by atoms with Gasteiger partial charge >= 0.3 is 6.18 Å². The number of fused-ring (bicyclic) bond motifs is 3. The summed E-state index contributed by atoms with van der Waals surface area (Å²) in [5.41, 5.74) is 0.0809. The first kappa shape index (κ1) is 33.3. The number of aliphatic hydroxyl groups excluding tert-OH is 2. The number of alkyl halides is 3. The lowest BCUT2D eigenvalue weighted by atomic mass is 9.77. The minimum absolute atomic E-state index is 0.0666. The van der Waals surface area contributed by atoms with Crippen molar-refractivity contribution in [3.05, 3.63) is 104 Å². The Morgan fingerprint density at radius 1 is 1.09 bits per heavy atom. The molecule has 0 fully saturated rings. The summed E-state index contributed by atoms with van der Waals surface area (Å²) >= 11 is 12.3. The molecule has 9 nitrogen and oxygen atoms in total. The van der Waals surface area contributed by atoms with Crippen molar-refractivity contribution in [3.8, 4) is 11.5 Å². The predicted octanol–water partition coefficient (Wildman–Crippen LogP) is 4.80. The highest BCUT2D eigenvalue weighted by atomic mass is 35.5. The van der Waals surface area contributed by atoms with Gasteiger partial charge in [0.05, 0.1) is 41.3 Å². The molecule has 0 bridgehead atoms. The van der Waals surface area contributed by atoms with E-state index in [9.17, 15) is 37.8 Å². The second-order valence-corrected chi connectivity index (χ2v) is 11.5. The van der Waals surface area contributed by atoms with Gasteiger partial charge in [-0.05, 0) is 60.2 Å². The van der Waals surface area contributed by atoms with Crippen molar-refractivity contribution in [1.29, 1.82) is 0 Å². The Morgan fingerprint density at radius 2 is 1.80 bits per heavy atom. The zero-order chi connectivity index (χ0) is 33.3. The third kappa shape index (κ3) is 6.43. The number of carbonyl (C=O) groups excluding carboxylic acids is 3. The summed E-state index contributed by atoms with van der Waals surface area (Å²) < 4.78 is 51.4. The maximum atomic E-state index is 14.1. The molecule has 1 aliphatic heterocycles. The molecular weight excluding hydrogens is 652 g/mol. The number of benzene rings is 3. The molecule has 0 spiro atoms. The maximum absolute atomic E-state index is 14.1. The SMILES string of the molecule is COc1cc(C=O)cc2c1OC1C2C(C(=O)NCCO)=CC(N(Cc2ccc(Cl)c(Cl)c2)C(=O)c2ccc(C(F)(F)F)cc2)C1O. The van der Waals surface area contributed by atoms with E-state index in [4.69, 9.17) is 32.7 Å². The van der Waals surface area contributed by atoms with E-state index < -0.39 is 47.7 Å². The topological polar surface area (TPSA) is 125 Å². The monoisotopic (exact) mass is 678 g/mol. The molecule has 0 saturated heterocycles. The van der Waals surface area contributed by atoms with Gasteiger partial charge in [0.15, 0.2) is 11.5 Å². The van der Waals surface area contributed by atoms with Crippen LogP contribution in [-0.4, -0.2) is 71.7 Å². The molecular formula is C32H27Cl2F3N2O7. The summed E-state index contributed by atoms with van der Waals surface area (Å²) in [6, 6.07) is 9.88. The number of ether oxygens (including phenoxy) is 2. The zero-order valence-corrected chi connectivity index (χ0v) is 25.6. The summed E-state index contributed by atoms with van der Waals surface area (Å²) in [7, 11) is 1.36. The van der Waals surface area contributed by atoms with E-state index in [-0.39, 0.29) is 57.9 Å². The largest absolute Gasteiger partial charge is 0.493 e. The van der Waals surface area contributed by atoms with Crippen molar-refractivity contribution in [3.63, 3.8) is 0 Å². The number of amides is 2. The van der Waals surface area contributed by atoms with Gasteiger partial charge in [0.25, 0.3) is 5.91 Å². The molecule has 2 aliphatic rings. The first-order valence-corrected chi connectivity index (χ1v) is 14.7. The van der Waals surface area contributed by atoms with Crippen LogP contribution in [0.5, 0.6) is 11.5 Å². The van der Waals surface area contributed by atoms with Crippen molar-refractivity contribution in [2.45, 2.75) is 36.9 Å². The van der Waals surface area contributed by atoms with Crippen LogP contribution < -0.4 is 14.8 Å². The smallest absolute Gasteiger partial charge is 0.416 e. The van der Waals surface area contributed by atoms with Crippen LogP contribution in [0, 0.1) is 0 Å². The van der Waals surface area contributed by atoms with Crippen molar-refractivity contribution < 1.29 is 47.2 Å². The van der Waals surface area contributed by atoms with Crippen LogP contribution in [0.4, 0.5) is 13.2 Å². The van der Waals surface area contributed by atoms with E-state index in [1.165, 1.54) is 42.4 Å². The number of nitrogens with zero attached hydrogens (tertiary/aromatic N) is 1. The number of methoxy groups -OCH3 is 1. The standard InChI is InChI=1S/C32H27Cl2F3N2O7/c1-45-25-12-17(15-41)10-20-26-21(30(43)38-8-9-40)13-24(27(42)29(26)46-28(20)25)39(14-16-2-7-22(33)23(34)11-16)31(44)18-3-5-19(6-4-18)32(35,36)37/h2-7,10-13,15,24,26-27,29,40,42H,8-9,14H2,1H3,(H,38,43). The van der Waals surface area contributed by atoms with Gasteiger partial charge < -0.3 is 29.9 Å². The summed E-state index contributed by atoms with van der Waals surface area (Å²) in [6.45, 7) is -0.682. The third-order valence-corrected chi connectivity index (χ3v) is 8.57. The van der Waals surface area contributed by atoms with Gasteiger partial charge in [-0.2, -0.15) is 13.2 Å². The Bertz CT molecular complexity index is 1700. The number of hydrogen-bond acceptors (Lipinski definition) is 7. The van der Waals surface area contributed by atoms with E-state index in [1.54, 1.807) is 6.07 Å². The zero-order valence-electron chi connectivity index (χ0n) is 24.1. The summed E-state index contributed by atoms with van der Waals surface area (Å²) in [6.07, 6.45) is -5.30. The van der Waals surface area contributed by atoms with E-state index in [0.717, 1.165) is 24.3 Å².